The number of halogens is 2. The molecule has 0 bridgehead atoms. The van der Waals surface area contributed by atoms with Gasteiger partial charge in [0.25, 0.3) is 5.91 Å². The van der Waals surface area contributed by atoms with Crippen LogP contribution in [0.25, 0.3) is 0 Å². The summed E-state index contributed by atoms with van der Waals surface area (Å²) in [5.74, 6) is -1.03. The van der Waals surface area contributed by atoms with Crippen molar-refractivity contribution in [3.8, 4) is 0 Å². The Morgan fingerprint density at radius 1 is 1.15 bits per heavy atom. The van der Waals surface area contributed by atoms with Crippen LogP contribution in [0.2, 0.25) is 0 Å². The first kappa shape index (κ1) is 19.0. The third kappa shape index (κ3) is 5.33. The Morgan fingerprint density at radius 3 is 2.67 bits per heavy atom. The van der Waals surface area contributed by atoms with Crippen molar-refractivity contribution in [1.82, 2.24) is 20.1 Å². The maximum absolute atomic E-state index is 13.1. The van der Waals surface area contributed by atoms with Gasteiger partial charge in [0.05, 0.1) is 5.56 Å². The van der Waals surface area contributed by atoms with Crippen LogP contribution >= 0.6 is 22.6 Å². The Bertz CT molecular complexity index is 961. The average molecular weight is 479 g/mol. The van der Waals surface area contributed by atoms with Crippen molar-refractivity contribution in [2.24, 2.45) is 0 Å². The predicted molar refractivity (Wildman–Crippen MR) is 105 cm³/mol. The zero-order valence-corrected chi connectivity index (χ0v) is 16.2. The Morgan fingerprint density at radius 2 is 1.93 bits per heavy atom. The largest absolute Gasteiger partial charge is 0.350 e. The minimum Gasteiger partial charge on any atom is -0.350 e. The second-order valence-electron chi connectivity index (χ2n) is 5.61. The third-order valence-electron chi connectivity index (χ3n) is 3.58. The number of anilines is 1. The van der Waals surface area contributed by atoms with Crippen LogP contribution in [0.5, 0.6) is 0 Å². The molecular formula is C18H15FIN5O2. The molecule has 138 valence electrons. The van der Waals surface area contributed by atoms with Crippen molar-refractivity contribution in [3.05, 3.63) is 75.4 Å². The molecule has 0 atom stereocenters. The number of nitrogens with zero attached hydrogens (tertiary/aromatic N) is 3. The van der Waals surface area contributed by atoms with E-state index in [1.807, 2.05) is 52.9 Å². The van der Waals surface area contributed by atoms with E-state index in [2.05, 4.69) is 20.7 Å². The molecule has 2 amide bonds. The zero-order valence-electron chi connectivity index (χ0n) is 14.0. The van der Waals surface area contributed by atoms with Gasteiger partial charge in [0.1, 0.15) is 18.7 Å². The van der Waals surface area contributed by atoms with Gasteiger partial charge in [-0.1, -0.05) is 30.3 Å². The quantitative estimate of drug-likeness (QED) is 0.533. The molecule has 0 radical (unpaired) electrons. The van der Waals surface area contributed by atoms with Crippen molar-refractivity contribution in [1.29, 1.82) is 0 Å². The highest BCUT2D eigenvalue weighted by molar-refractivity contribution is 14.1. The lowest BCUT2D eigenvalue weighted by Crippen LogP contribution is -2.27. The molecule has 1 heterocycles. The van der Waals surface area contributed by atoms with E-state index in [1.165, 1.54) is 29.2 Å². The fraction of sp³-hybridized carbons (Fsp3) is 0.111. The highest BCUT2D eigenvalue weighted by Gasteiger charge is 2.13. The number of carbonyl (C=O) groups excluding carboxylic acids is 2. The molecule has 2 aromatic carbocycles. The fourth-order valence-corrected chi connectivity index (χ4v) is 2.99. The summed E-state index contributed by atoms with van der Waals surface area (Å²) in [6.45, 7) is 0.394. The standard InChI is InChI=1S/C18H15FIN5O2/c19-13-6-7-14(15(20)8-13)17(27)23-18-22-11-25(24-18)10-16(26)21-9-12-4-2-1-3-5-12/h1-8,11H,9-10H2,(H,21,26)(H,23,24,27). The van der Waals surface area contributed by atoms with Gasteiger partial charge in [-0.2, -0.15) is 0 Å². The molecule has 3 aromatic rings. The maximum atomic E-state index is 13.1. The third-order valence-corrected chi connectivity index (χ3v) is 4.47. The molecule has 1 aromatic heterocycles. The van der Waals surface area contributed by atoms with Gasteiger partial charge in [0, 0.05) is 10.1 Å². The Kier molecular flexibility index (Phi) is 6.12. The number of rotatable bonds is 6. The van der Waals surface area contributed by atoms with E-state index >= 15 is 0 Å². The lowest BCUT2D eigenvalue weighted by atomic mass is 10.2. The maximum Gasteiger partial charge on any atom is 0.259 e. The topological polar surface area (TPSA) is 88.9 Å². The number of benzene rings is 2. The summed E-state index contributed by atoms with van der Waals surface area (Å²) in [6, 6.07) is 13.4. The summed E-state index contributed by atoms with van der Waals surface area (Å²) in [7, 11) is 0. The molecule has 2 N–H and O–H groups in total. The van der Waals surface area contributed by atoms with E-state index in [4.69, 9.17) is 0 Å². The molecule has 27 heavy (non-hydrogen) atoms. The van der Waals surface area contributed by atoms with Crippen LogP contribution in [0.15, 0.2) is 54.9 Å². The molecule has 9 heteroatoms. The summed E-state index contributed by atoms with van der Waals surface area (Å²) in [4.78, 5) is 28.2. The monoisotopic (exact) mass is 479 g/mol. The van der Waals surface area contributed by atoms with E-state index in [9.17, 15) is 14.0 Å². The van der Waals surface area contributed by atoms with Gasteiger partial charge in [0.15, 0.2) is 0 Å². The van der Waals surface area contributed by atoms with E-state index in [0.717, 1.165) is 5.56 Å². The first-order chi connectivity index (χ1) is 13.0. The summed E-state index contributed by atoms with van der Waals surface area (Å²) in [5, 5.41) is 9.37. The van der Waals surface area contributed by atoms with Gasteiger partial charge >= 0.3 is 0 Å². The van der Waals surface area contributed by atoms with Gasteiger partial charge in [0.2, 0.25) is 11.9 Å². The highest BCUT2D eigenvalue weighted by atomic mass is 127. The number of nitrogens with one attached hydrogen (secondary N) is 2. The van der Waals surface area contributed by atoms with Crippen molar-refractivity contribution in [3.63, 3.8) is 0 Å². The second-order valence-corrected chi connectivity index (χ2v) is 6.77. The van der Waals surface area contributed by atoms with Crippen LogP contribution in [-0.4, -0.2) is 26.6 Å². The average Bonchev–Trinajstić information content (AvgIpc) is 3.07. The molecule has 7 nitrogen and oxygen atoms in total. The van der Waals surface area contributed by atoms with E-state index in [1.54, 1.807) is 0 Å². The molecule has 0 saturated carbocycles. The van der Waals surface area contributed by atoms with Crippen molar-refractivity contribution < 1.29 is 14.0 Å². The van der Waals surface area contributed by atoms with Gasteiger partial charge in [-0.25, -0.2) is 14.1 Å². The molecule has 3 rings (SSSR count). The molecule has 0 saturated heterocycles. The van der Waals surface area contributed by atoms with Gasteiger partial charge in [-0.05, 0) is 46.4 Å². The molecule has 0 fully saturated rings. The van der Waals surface area contributed by atoms with Crippen molar-refractivity contribution in [2.45, 2.75) is 13.1 Å². The van der Waals surface area contributed by atoms with Gasteiger partial charge < -0.3 is 5.32 Å². The number of carbonyl (C=O) groups is 2. The van der Waals surface area contributed by atoms with Crippen LogP contribution in [0.1, 0.15) is 15.9 Å². The second kappa shape index (κ2) is 8.71. The summed E-state index contributed by atoms with van der Waals surface area (Å²) < 4.78 is 14.9. The Hall–Kier alpha value is -2.82. The smallest absolute Gasteiger partial charge is 0.259 e. The molecule has 0 unspecified atom stereocenters. The lowest BCUT2D eigenvalue weighted by molar-refractivity contribution is -0.122. The molecule has 0 spiro atoms. The number of hydrogen-bond acceptors (Lipinski definition) is 4. The highest BCUT2D eigenvalue weighted by Crippen LogP contribution is 2.15. The molecule has 0 aliphatic carbocycles. The number of aromatic nitrogens is 3. The number of amides is 2. The SMILES string of the molecule is O=C(Cn1cnc(NC(=O)c2ccc(F)cc2I)n1)NCc1ccccc1. The van der Waals surface area contributed by atoms with Gasteiger partial charge in [-0.15, -0.1) is 5.10 Å². The van der Waals surface area contributed by atoms with Crippen LogP contribution in [0.4, 0.5) is 10.3 Å². The van der Waals surface area contributed by atoms with Gasteiger partial charge in [-0.3, -0.25) is 14.9 Å². The van der Waals surface area contributed by atoms with Crippen LogP contribution in [-0.2, 0) is 17.9 Å². The van der Waals surface area contributed by atoms with E-state index in [0.29, 0.717) is 15.7 Å². The minimum absolute atomic E-state index is 0.0240. The minimum atomic E-state index is -0.453. The Balaban J connectivity index is 1.54. The Labute approximate surface area is 168 Å². The number of hydrogen-bond donors (Lipinski definition) is 2. The van der Waals surface area contributed by atoms with Crippen LogP contribution < -0.4 is 10.6 Å². The summed E-state index contributed by atoms with van der Waals surface area (Å²) >= 11 is 1.88. The van der Waals surface area contributed by atoms with E-state index < -0.39 is 11.7 Å². The predicted octanol–water partition coefficient (Wildman–Crippen LogP) is 2.59. The first-order valence-corrected chi connectivity index (χ1v) is 9.05. The van der Waals surface area contributed by atoms with Crippen LogP contribution in [0.3, 0.4) is 0 Å². The molecule has 0 aliphatic rings. The molecular weight excluding hydrogens is 464 g/mol. The lowest BCUT2D eigenvalue weighted by Gasteiger charge is -2.05. The normalized spacial score (nSPS) is 10.4. The van der Waals surface area contributed by atoms with Crippen molar-refractivity contribution >= 4 is 40.4 Å². The fourth-order valence-electron chi connectivity index (χ4n) is 2.27. The summed E-state index contributed by atoms with van der Waals surface area (Å²) in [6.07, 6.45) is 1.35. The van der Waals surface area contributed by atoms with E-state index in [-0.39, 0.29) is 18.4 Å². The van der Waals surface area contributed by atoms with Crippen LogP contribution in [0, 0.1) is 9.39 Å². The zero-order chi connectivity index (χ0) is 19.2. The summed E-state index contributed by atoms with van der Waals surface area (Å²) in [5.41, 5.74) is 1.31. The first-order valence-electron chi connectivity index (χ1n) is 7.98. The molecule has 0 aliphatic heterocycles. The van der Waals surface area contributed by atoms with Crippen molar-refractivity contribution in [2.75, 3.05) is 5.32 Å².